The van der Waals surface area contributed by atoms with Gasteiger partial charge in [-0.2, -0.15) is 0 Å². The topological polar surface area (TPSA) is 64.0 Å². The number of hydrogen-bond donors (Lipinski definition) is 2. The Labute approximate surface area is 115 Å². The van der Waals surface area contributed by atoms with Crippen LogP contribution in [-0.2, 0) is 4.79 Å². The Morgan fingerprint density at radius 1 is 1.26 bits per heavy atom. The van der Waals surface area contributed by atoms with E-state index in [1.54, 1.807) is 0 Å². The maximum absolute atomic E-state index is 11.2. The fraction of sp³-hybridized carbons (Fsp3) is 0.929. The molecule has 2 aliphatic heterocycles. The summed E-state index contributed by atoms with van der Waals surface area (Å²) in [6, 6.07) is 0.149. The summed E-state index contributed by atoms with van der Waals surface area (Å²) in [6.07, 6.45) is 4.43. The maximum Gasteiger partial charge on any atom is 0.320 e. The molecule has 2 atom stereocenters. The monoisotopic (exact) mass is 270 g/mol. The summed E-state index contributed by atoms with van der Waals surface area (Å²) >= 11 is 0. The van der Waals surface area contributed by atoms with Gasteiger partial charge in [-0.15, -0.1) is 0 Å². The van der Waals surface area contributed by atoms with Crippen LogP contribution in [0.25, 0.3) is 0 Å². The van der Waals surface area contributed by atoms with Crippen LogP contribution in [0.15, 0.2) is 0 Å². The molecule has 2 aliphatic rings. The van der Waals surface area contributed by atoms with Gasteiger partial charge in [-0.3, -0.25) is 9.69 Å². The fourth-order valence-electron chi connectivity index (χ4n) is 3.35. The number of piperidine rings is 1. The van der Waals surface area contributed by atoms with Gasteiger partial charge in [0.05, 0.1) is 6.10 Å². The molecule has 5 nitrogen and oxygen atoms in total. The standard InChI is InChI=1S/C14H26N2O3/c1-2-12(17)10-15-8-5-11(6-9-15)16-7-3-4-13(16)14(18)19/h11-13,17H,2-10H2,1H3,(H,18,19). The van der Waals surface area contributed by atoms with E-state index in [-0.39, 0.29) is 12.1 Å². The van der Waals surface area contributed by atoms with Crippen LogP contribution in [0.3, 0.4) is 0 Å². The van der Waals surface area contributed by atoms with Crippen LogP contribution in [0.2, 0.25) is 0 Å². The van der Waals surface area contributed by atoms with Crippen LogP contribution in [0.5, 0.6) is 0 Å². The first-order valence-corrected chi connectivity index (χ1v) is 7.50. The molecular weight excluding hydrogens is 244 g/mol. The van der Waals surface area contributed by atoms with Gasteiger partial charge in [-0.1, -0.05) is 6.92 Å². The van der Waals surface area contributed by atoms with Gasteiger partial charge in [0.25, 0.3) is 0 Å². The first-order valence-electron chi connectivity index (χ1n) is 7.50. The van der Waals surface area contributed by atoms with Gasteiger partial charge in [0.15, 0.2) is 0 Å². The number of carboxylic acid groups (broad SMARTS) is 1. The highest BCUT2D eigenvalue weighted by Crippen LogP contribution is 2.26. The molecule has 19 heavy (non-hydrogen) atoms. The molecule has 2 fully saturated rings. The van der Waals surface area contributed by atoms with Crippen LogP contribution in [0.4, 0.5) is 0 Å². The van der Waals surface area contributed by atoms with E-state index in [0.717, 1.165) is 58.3 Å². The Hall–Kier alpha value is -0.650. The quantitative estimate of drug-likeness (QED) is 0.772. The number of aliphatic carboxylic acids is 1. The molecule has 2 unspecified atom stereocenters. The van der Waals surface area contributed by atoms with Crippen molar-refractivity contribution in [2.45, 2.75) is 57.2 Å². The fourth-order valence-corrected chi connectivity index (χ4v) is 3.35. The van der Waals surface area contributed by atoms with Crippen molar-refractivity contribution in [3.05, 3.63) is 0 Å². The molecule has 0 aromatic heterocycles. The minimum Gasteiger partial charge on any atom is -0.480 e. The van der Waals surface area contributed by atoms with Crippen molar-refractivity contribution in [1.29, 1.82) is 0 Å². The highest BCUT2D eigenvalue weighted by molar-refractivity contribution is 5.73. The first kappa shape index (κ1) is 14.8. The van der Waals surface area contributed by atoms with E-state index >= 15 is 0 Å². The zero-order valence-corrected chi connectivity index (χ0v) is 11.8. The lowest BCUT2D eigenvalue weighted by Gasteiger charge is -2.38. The molecule has 5 heteroatoms. The highest BCUT2D eigenvalue weighted by Gasteiger charge is 2.36. The summed E-state index contributed by atoms with van der Waals surface area (Å²) in [6.45, 7) is 5.64. The molecule has 2 rings (SSSR count). The predicted molar refractivity (Wildman–Crippen MR) is 73.1 cm³/mol. The lowest BCUT2D eigenvalue weighted by atomic mass is 10.0. The molecule has 2 saturated heterocycles. The van der Waals surface area contributed by atoms with E-state index in [0.29, 0.717) is 6.04 Å². The van der Waals surface area contributed by atoms with Crippen LogP contribution >= 0.6 is 0 Å². The summed E-state index contributed by atoms with van der Waals surface area (Å²) in [4.78, 5) is 15.7. The van der Waals surface area contributed by atoms with Crippen LogP contribution < -0.4 is 0 Å². The lowest BCUT2D eigenvalue weighted by molar-refractivity contribution is -0.143. The normalized spacial score (nSPS) is 28.6. The van der Waals surface area contributed by atoms with Gasteiger partial charge in [0.1, 0.15) is 6.04 Å². The molecule has 0 bridgehead atoms. The largest absolute Gasteiger partial charge is 0.480 e. The van der Waals surface area contributed by atoms with Gasteiger partial charge in [-0.25, -0.2) is 0 Å². The summed E-state index contributed by atoms with van der Waals surface area (Å²) in [5.41, 5.74) is 0. The number of carboxylic acids is 1. The van der Waals surface area contributed by atoms with Crippen molar-refractivity contribution in [2.75, 3.05) is 26.2 Å². The molecule has 0 aromatic carbocycles. The summed E-state index contributed by atoms with van der Waals surface area (Å²) < 4.78 is 0. The molecule has 0 aliphatic carbocycles. The van der Waals surface area contributed by atoms with E-state index in [4.69, 9.17) is 0 Å². The van der Waals surface area contributed by atoms with Crippen molar-refractivity contribution < 1.29 is 15.0 Å². The average molecular weight is 270 g/mol. The summed E-state index contributed by atoms with van der Waals surface area (Å²) in [7, 11) is 0. The number of likely N-dealkylation sites (tertiary alicyclic amines) is 2. The Morgan fingerprint density at radius 3 is 2.53 bits per heavy atom. The second-order valence-corrected chi connectivity index (χ2v) is 5.83. The SMILES string of the molecule is CCC(O)CN1CCC(N2CCCC2C(=O)O)CC1. The third kappa shape index (κ3) is 3.68. The smallest absolute Gasteiger partial charge is 0.320 e. The Kier molecular flexibility index (Phi) is 5.19. The van der Waals surface area contributed by atoms with Gasteiger partial charge in [-0.05, 0) is 51.7 Å². The second-order valence-electron chi connectivity index (χ2n) is 5.83. The van der Waals surface area contributed by atoms with Gasteiger partial charge in [0.2, 0.25) is 0 Å². The Bertz CT molecular complexity index is 303. The zero-order valence-electron chi connectivity index (χ0n) is 11.8. The van der Waals surface area contributed by atoms with Crippen molar-refractivity contribution in [1.82, 2.24) is 9.80 Å². The van der Waals surface area contributed by atoms with E-state index < -0.39 is 5.97 Å². The molecule has 0 amide bonds. The molecule has 2 heterocycles. The van der Waals surface area contributed by atoms with Crippen LogP contribution in [0, 0.1) is 0 Å². The van der Waals surface area contributed by atoms with Crippen molar-refractivity contribution in [3.63, 3.8) is 0 Å². The highest BCUT2D eigenvalue weighted by atomic mass is 16.4. The number of carbonyl (C=O) groups is 1. The molecule has 2 N–H and O–H groups in total. The van der Waals surface area contributed by atoms with Gasteiger partial charge >= 0.3 is 5.97 Å². The Morgan fingerprint density at radius 2 is 1.95 bits per heavy atom. The maximum atomic E-state index is 11.2. The molecule has 0 aromatic rings. The van der Waals surface area contributed by atoms with Gasteiger partial charge in [0, 0.05) is 12.6 Å². The van der Waals surface area contributed by atoms with Crippen LogP contribution in [0.1, 0.15) is 39.0 Å². The van der Waals surface area contributed by atoms with Crippen molar-refractivity contribution in [3.8, 4) is 0 Å². The number of β-amino-alcohol motifs (C(OH)–C–C–N with tert-alkyl or cyclic N) is 1. The van der Waals surface area contributed by atoms with E-state index in [9.17, 15) is 15.0 Å². The van der Waals surface area contributed by atoms with E-state index in [1.165, 1.54) is 0 Å². The molecule has 0 radical (unpaired) electrons. The molecular formula is C14H26N2O3. The molecule has 110 valence electrons. The number of hydrogen-bond acceptors (Lipinski definition) is 4. The summed E-state index contributed by atoms with van der Waals surface area (Å²) in [5.74, 6) is -0.665. The molecule has 0 saturated carbocycles. The van der Waals surface area contributed by atoms with Crippen molar-refractivity contribution in [2.24, 2.45) is 0 Å². The summed E-state index contributed by atoms with van der Waals surface area (Å²) in [5, 5.41) is 18.9. The van der Waals surface area contributed by atoms with Crippen LogP contribution in [-0.4, -0.2) is 70.3 Å². The van der Waals surface area contributed by atoms with Crippen molar-refractivity contribution >= 4 is 5.97 Å². The molecule has 0 spiro atoms. The lowest BCUT2D eigenvalue weighted by Crippen LogP contribution is -2.49. The van der Waals surface area contributed by atoms with E-state index in [1.807, 2.05) is 6.92 Å². The third-order valence-corrected chi connectivity index (χ3v) is 4.55. The minimum absolute atomic E-state index is 0.227. The third-order valence-electron chi connectivity index (χ3n) is 4.55. The Balaban J connectivity index is 1.81. The number of aliphatic hydroxyl groups excluding tert-OH is 1. The second kappa shape index (κ2) is 6.68. The average Bonchev–Trinajstić information content (AvgIpc) is 2.89. The first-order chi connectivity index (χ1) is 9.11. The van der Waals surface area contributed by atoms with E-state index in [2.05, 4.69) is 9.80 Å². The number of rotatable bonds is 5. The number of nitrogens with zero attached hydrogens (tertiary/aromatic N) is 2. The van der Waals surface area contributed by atoms with Gasteiger partial charge < -0.3 is 15.1 Å². The number of aliphatic hydroxyl groups is 1. The predicted octanol–water partition coefficient (Wildman–Crippen LogP) is 0.771. The minimum atomic E-state index is -0.665. The zero-order chi connectivity index (χ0) is 13.8.